The molecule has 68 valence electrons. The van der Waals surface area contributed by atoms with Crippen LogP contribution < -0.4 is 0 Å². The van der Waals surface area contributed by atoms with Crippen LogP contribution in [0.3, 0.4) is 0 Å². The zero-order valence-corrected chi connectivity index (χ0v) is 7.45. The average Bonchev–Trinajstić information content (AvgIpc) is 2.54. The third kappa shape index (κ3) is 0.639. The topological polar surface area (TPSA) is 52.6 Å². The first-order valence-corrected chi connectivity index (χ1v) is 5.64. The van der Waals surface area contributed by atoms with Crippen LogP contribution in [0, 0.1) is 5.92 Å². The van der Waals surface area contributed by atoms with Crippen LogP contribution in [-0.4, -0.2) is 32.0 Å². The van der Waals surface area contributed by atoms with Gasteiger partial charge >= 0.3 is 0 Å². The van der Waals surface area contributed by atoms with Gasteiger partial charge < -0.3 is 4.74 Å². The fourth-order valence-electron chi connectivity index (χ4n) is 2.50. The van der Waals surface area contributed by atoms with Crippen LogP contribution >= 0.6 is 0 Å². The molecule has 3 saturated heterocycles. The van der Waals surface area contributed by atoms with Gasteiger partial charge in [-0.1, -0.05) is 6.92 Å². The third-order valence-corrected chi connectivity index (χ3v) is 4.90. The molecule has 5 atom stereocenters. The van der Waals surface area contributed by atoms with Gasteiger partial charge in [0.05, 0.1) is 6.10 Å². The summed E-state index contributed by atoms with van der Waals surface area (Å²) >= 11 is 0. The van der Waals surface area contributed by atoms with Gasteiger partial charge in [-0.05, 0) is 6.42 Å². The SMILES string of the molecule is CC1C2CC3C(O2)C1OS3(=O)=O. The minimum absolute atomic E-state index is 0.113. The molecule has 4 nitrogen and oxygen atoms in total. The summed E-state index contributed by atoms with van der Waals surface area (Å²) in [4.78, 5) is 0. The molecule has 5 unspecified atom stereocenters. The van der Waals surface area contributed by atoms with Gasteiger partial charge in [0.1, 0.15) is 17.5 Å². The Labute approximate surface area is 71.0 Å². The molecule has 0 aromatic heterocycles. The highest BCUT2D eigenvalue weighted by atomic mass is 32.2. The summed E-state index contributed by atoms with van der Waals surface area (Å²) in [6, 6.07) is 0. The van der Waals surface area contributed by atoms with Gasteiger partial charge in [-0.25, -0.2) is 0 Å². The van der Waals surface area contributed by atoms with E-state index in [-0.39, 0.29) is 29.5 Å². The van der Waals surface area contributed by atoms with E-state index in [1.165, 1.54) is 0 Å². The molecule has 0 aromatic carbocycles. The molecule has 0 aliphatic carbocycles. The van der Waals surface area contributed by atoms with Gasteiger partial charge in [0.25, 0.3) is 10.1 Å². The first-order valence-electron chi connectivity index (χ1n) is 4.17. The Kier molecular flexibility index (Phi) is 1.13. The Morgan fingerprint density at radius 2 is 2.08 bits per heavy atom. The average molecular weight is 190 g/mol. The number of hydrogen-bond donors (Lipinski definition) is 0. The van der Waals surface area contributed by atoms with Gasteiger partial charge in [-0.15, -0.1) is 0 Å². The molecule has 0 N–H and O–H groups in total. The quantitative estimate of drug-likeness (QED) is 0.500. The van der Waals surface area contributed by atoms with Gasteiger partial charge in [-0.2, -0.15) is 8.42 Å². The molecule has 0 spiro atoms. The van der Waals surface area contributed by atoms with E-state index in [1.807, 2.05) is 6.92 Å². The Bertz CT molecular complexity index is 322. The summed E-state index contributed by atoms with van der Waals surface area (Å²) in [7, 11) is -3.29. The van der Waals surface area contributed by atoms with Crippen molar-refractivity contribution in [3.63, 3.8) is 0 Å². The smallest absolute Gasteiger partial charge is 0.273 e. The lowest BCUT2D eigenvalue weighted by molar-refractivity contribution is 0.0830. The standard InChI is InChI=1S/C7H10O4S/c1-3-4-2-5-7(10-4)6(3)11-12(5,8)9/h3-7H,2H2,1H3. The number of fused-ring (bicyclic) bond motifs is 1. The Balaban J connectivity index is 2.11. The fraction of sp³-hybridized carbons (Fsp3) is 1.00. The van der Waals surface area contributed by atoms with Gasteiger partial charge in [0, 0.05) is 5.92 Å². The molecule has 0 aromatic rings. The predicted molar refractivity (Wildman–Crippen MR) is 40.0 cm³/mol. The molecular formula is C7H10O4S. The monoisotopic (exact) mass is 190 g/mol. The van der Waals surface area contributed by atoms with E-state index in [9.17, 15) is 8.42 Å². The van der Waals surface area contributed by atoms with E-state index < -0.39 is 10.1 Å². The molecule has 0 amide bonds. The maximum atomic E-state index is 11.3. The first kappa shape index (κ1) is 7.29. The zero-order valence-electron chi connectivity index (χ0n) is 6.64. The summed E-state index contributed by atoms with van der Waals surface area (Å²) in [6.45, 7) is 1.99. The predicted octanol–water partition coefficient (Wildman–Crippen LogP) is -0.109. The van der Waals surface area contributed by atoms with E-state index in [0.29, 0.717) is 6.42 Å². The molecule has 3 aliphatic heterocycles. The lowest BCUT2D eigenvalue weighted by Gasteiger charge is -2.15. The molecular weight excluding hydrogens is 180 g/mol. The normalized spacial score (nSPS) is 59.6. The van der Waals surface area contributed by atoms with Crippen molar-refractivity contribution in [2.24, 2.45) is 5.92 Å². The zero-order chi connectivity index (χ0) is 8.51. The maximum absolute atomic E-state index is 11.3. The van der Waals surface area contributed by atoms with Crippen molar-refractivity contribution in [1.82, 2.24) is 0 Å². The molecule has 3 heterocycles. The second kappa shape index (κ2) is 1.86. The highest BCUT2D eigenvalue weighted by Gasteiger charge is 2.64. The van der Waals surface area contributed by atoms with E-state index in [4.69, 9.17) is 8.92 Å². The first-order chi connectivity index (χ1) is 5.59. The number of ether oxygens (including phenoxy) is 1. The Hall–Kier alpha value is -0.130. The highest BCUT2D eigenvalue weighted by Crippen LogP contribution is 2.49. The maximum Gasteiger partial charge on any atom is 0.273 e. The van der Waals surface area contributed by atoms with Crippen molar-refractivity contribution in [2.75, 3.05) is 0 Å². The molecule has 0 saturated carbocycles. The van der Waals surface area contributed by atoms with Crippen LogP contribution in [0.5, 0.6) is 0 Å². The minimum atomic E-state index is -3.29. The molecule has 3 rings (SSSR count). The van der Waals surface area contributed by atoms with Crippen molar-refractivity contribution >= 4 is 10.1 Å². The van der Waals surface area contributed by atoms with Gasteiger partial charge in [0.15, 0.2) is 0 Å². The van der Waals surface area contributed by atoms with Gasteiger partial charge in [-0.3, -0.25) is 4.18 Å². The Morgan fingerprint density at radius 3 is 2.67 bits per heavy atom. The summed E-state index contributed by atoms with van der Waals surface area (Å²) in [6.07, 6.45) is 0.376. The molecule has 3 aliphatic rings. The summed E-state index contributed by atoms with van der Waals surface area (Å²) in [5.74, 6) is 0.239. The van der Waals surface area contributed by atoms with Crippen LogP contribution in [0.1, 0.15) is 13.3 Å². The van der Waals surface area contributed by atoms with Crippen molar-refractivity contribution in [3.05, 3.63) is 0 Å². The second-order valence-electron chi connectivity index (χ2n) is 3.83. The van der Waals surface area contributed by atoms with Gasteiger partial charge in [0.2, 0.25) is 0 Å². The largest absolute Gasteiger partial charge is 0.370 e. The van der Waals surface area contributed by atoms with Crippen LogP contribution in [0.25, 0.3) is 0 Å². The van der Waals surface area contributed by atoms with Crippen molar-refractivity contribution in [1.29, 1.82) is 0 Å². The number of hydrogen-bond acceptors (Lipinski definition) is 4. The molecule has 3 fully saturated rings. The lowest BCUT2D eigenvalue weighted by atomic mass is 9.88. The summed E-state index contributed by atoms with van der Waals surface area (Å²) < 4.78 is 33.1. The molecule has 5 heteroatoms. The van der Waals surface area contributed by atoms with E-state index >= 15 is 0 Å². The van der Waals surface area contributed by atoms with Crippen LogP contribution in [0.15, 0.2) is 0 Å². The molecule has 0 radical (unpaired) electrons. The van der Waals surface area contributed by atoms with Crippen molar-refractivity contribution < 1.29 is 17.3 Å². The van der Waals surface area contributed by atoms with E-state index in [2.05, 4.69) is 0 Å². The minimum Gasteiger partial charge on any atom is -0.370 e. The fourth-order valence-corrected chi connectivity index (χ4v) is 4.21. The summed E-state index contributed by atoms with van der Waals surface area (Å²) in [5.41, 5.74) is 0. The number of rotatable bonds is 0. The molecule has 2 bridgehead atoms. The van der Waals surface area contributed by atoms with Crippen molar-refractivity contribution in [3.8, 4) is 0 Å². The van der Waals surface area contributed by atoms with E-state index in [1.54, 1.807) is 0 Å². The third-order valence-electron chi connectivity index (χ3n) is 3.21. The summed E-state index contributed by atoms with van der Waals surface area (Å²) in [5, 5.41) is -0.372. The lowest BCUT2D eigenvalue weighted by Crippen LogP contribution is -2.32. The van der Waals surface area contributed by atoms with Crippen LogP contribution in [0.2, 0.25) is 0 Å². The van der Waals surface area contributed by atoms with E-state index in [0.717, 1.165) is 0 Å². The van der Waals surface area contributed by atoms with Crippen LogP contribution in [0.4, 0.5) is 0 Å². The Morgan fingerprint density at radius 1 is 1.33 bits per heavy atom. The molecule has 12 heavy (non-hydrogen) atoms. The highest BCUT2D eigenvalue weighted by molar-refractivity contribution is 7.87. The van der Waals surface area contributed by atoms with Crippen molar-refractivity contribution in [2.45, 2.75) is 36.9 Å². The van der Waals surface area contributed by atoms with Crippen LogP contribution in [-0.2, 0) is 19.0 Å². The second-order valence-corrected chi connectivity index (χ2v) is 5.61.